The molecule has 120 valence electrons. The van der Waals surface area contributed by atoms with Gasteiger partial charge in [0.2, 0.25) is 9.05 Å². The molecule has 0 spiro atoms. The molecule has 0 saturated carbocycles. The van der Waals surface area contributed by atoms with Gasteiger partial charge in [0.25, 0.3) is 0 Å². The molecule has 0 aliphatic carbocycles. The van der Waals surface area contributed by atoms with E-state index in [0.717, 1.165) is 12.1 Å². The predicted octanol–water partition coefficient (Wildman–Crippen LogP) is 1.21. The van der Waals surface area contributed by atoms with Crippen molar-refractivity contribution in [2.24, 2.45) is 0 Å². The molecule has 10 heteroatoms. The van der Waals surface area contributed by atoms with Gasteiger partial charge in [-0.2, -0.15) is 0 Å². The molecule has 0 unspecified atom stereocenters. The van der Waals surface area contributed by atoms with Crippen LogP contribution in [0.2, 0.25) is 0 Å². The molecule has 0 saturated heterocycles. The topological polar surface area (TPSA) is 102 Å². The van der Waals surface area contributed by atoms with Crippen LogP contribution in [0.15, 0.2) is 34.1 Å². The first-order valence-corrected chi connectivity index (χ1v) is 11.7. The van der Waals surface area contributed by atoms with Gasteiger partial charge in [0.1, 0.15) is 0 Å². The summed E-state index contributed by atoms with van der Waals surface area (Å²) in [5.74, 6) is -1.38. The molecule has 1 aromatic carbocycles. The standard InChI is InChI=1S/C11H15ClO6S3/c1-2-7-19(13,14)10-3-5-11(6-4-10)20(15,16)8-9-21(12,17)18/h3-6H,2,7-9H2,1H3. The van der Waals surface area contributed by atoms with E-state index in [1.54, 1.807) is 6.92 Å². The van der Waals surface area contributed by atoms with E-state index in [-0.39, 0.29) is 15.5 Å². The fraction of sp³-hybridized carbons (Fsp3) is 0.455. The summed E-state index contributed by atoms with van der Waals surface area (Å²) in [7, 11) is -6.18. The Bertz CT molecular complexity index is 792. The first-order valence-electron chi connectivity index (χ1n) is 5.96. The van der Waals surface area contributed by atoms with E-state index in [4.69, 9.17) is 10.7 Å². The number of benzene rings is 1. The largest absolute Gasteiger partial charge is 0.233 e. The van der Waals surface area contributed by atoms with Crippen LogP contribution in [0.4, 0.5) is 0 Å². The molecule has 0 aliphatic rings. The second kappa shape index (κ2) is 6.64. The van der Waals surface area contributed by atoms with Crippen LogP contribution in [-0.4, -0.2) is 42.5 Å². The lowest BCUT2D eigenvalue weighted by Crippen LogP contribution is -2.14. The van der Waals surface area contributed by atoms with Gasteiger partial charge in [-0.3, -0.25) is 0 Å². The van der Waals surface area contributed by atoms with E-state index < -0.39 is 40.2 Å². The summed E-state index contributed by atoms with van der Waals surface area (Å²) < 4.78 is 69.0. The molecule has 0 aromatic heterocycles. The Morgan fingerprint density at radius 3 is 1.48 bits per heavy atom. The predicted molar refractivity (Wildman–Crippen MR) is 80.5 cm³/mol. The van der Waals surface area contributed by atoms with E-state index in [9.17, 15) is 25.3 Å². The second-order valence-corrected chi connectivity index (χ2v) is 11.5. The highest BCUT2D eigenvalue weighted by molar-refractivity contribution is 8.14. The summed E-state index contributed by atoms with van der Waals surface area (Å²) in [5.41, 5.74) is 0. The summed E-state index contributed by atoms with van der Waals surface area (Å²) >= 11 is 0. The highest BCUT2D eigenvalue weighted by atomic mass is 35.7. The second-order valence-electron chi connectivity index (χ2n) is 4.35. The van der Waals surface area contributed by atoms with Crippen molar-refractivity contribution in [3.05, 3.63) is 24.3 Å². The Labute approximate surface area is 129 Å². The maximum atomic E-state index is 11.9. The molecule has 0 radical (unpaired) electrons. The van der Waals surface area contributed by atoms with Crippen LogP contribution < -0.4 is 0 Å². The first-order chi connectivity index (χ1) is 9.48. The van der Waals surface area contributed by atoms with Gasteiger partial charge in [0, 0.05) is 10.7 Å². The molecule has 0 aliphatic heterocycles. The Kier molecular flexibility index (Phi) is 5.82. The number of halogens is 1. The van der Waals surface area contributed by atoms with Crippen LogP contribution in [0, 0.1) is 0 Å². The van der Waals surface area contributed by atoms with Gasteiger partial charge in [0.15, 0.2) is 19.7 Å². The zero-order chi connectivity index (χ0) is 16.3. The van der Waals surface area contributed by atoms with E-state index in [2.05, 4.69) is 0 Å². The van der Waals surface area contributed by atoms with Crippen LogP contribution in [0.25, 0.3) is 0 Å². The lowest BCUT2D eigenvalue weighted by molar-refractivity contribution is 0.590. The fourth-order valence-electron chi connectivity index (χ4n) is 1.57. The summed E-state index contributed by atoms with van der Waals surface area (Å²) in [4.78, 5) is -0.105. The SMILES string of the molecule is CCCS(=O)(=O)c1ccc(S(=O)(=O)CCS(=O)(=O)Cl)cc1. The third-order valence-electron chi connectivity index (χ3n) is 2.61. The molecule has 0 bridgehead atoms. The number of rotatable bonds is 7. The summed E-state index contributed by atoms with van der Waals surface area (Å²) in [6.07, 6.45) is 0.454. The average Bonchev–Trinajstić information content (AvgIpc) is 2.36. The van der Waals surface area contributed by atoms with Gasteiger partial charge in [-0.05, 0) is 30.7 Å². The molecule has 0 atom stereocenters. The maximum Gasteiger partial charge on any atom is 0.233 e. The van der Waals surface area contributed by atoms with Crippen LogP contribution >= 0.6 is 10.7 Å². The van der Waals surface area contributed by atoms with Gasteiger partial charge in [-0.1, -0.05) is 6.92 Å². The number of hydrogen-bond acceptors (Lipinski definition) is 6. The molecular formula is C11H15ClO6S3. The van der Waals surface area contributed by atoms with E-state index in [1.165, 1.54) is 12.1 Å². The Morgan fingerprint density at radius 2 is 1.14 bits per heavy atom. The molecule has 6 nitrogen and oxygen atoms in total. The smallest absolute Gasteiger partial charge is 0.224 e. The van der Waals surface area contributed by atoms with Gasteiger partial charge in [0.05, 0.1) is 27.0 Å². The maximum absolute atomic E-state index is 11.9. The monoisotopic (exact) mass is 374 g/mol. The molecule has 1 rings (SSSR count). The van der Waals surface area contributed by atoms with Crippen molar-refractivity contribution in [3.8, 4) is 0 Å². The Balaban J connectivity index is 3.02. The van der Waals surface area contributed by atoms with Crippen molar-refractivity contribution in [2.45, 2.75) is 23.1 Å². The van der Waals surface area contributed by atoms with Crippen LogP contribution in [-0.2, 0) is 28.7 Å². The Hall–Kier alpha value is -0.640. The molecular weight excluding hydrogens is 360 g/mol. The molecule has 0 amide bonds. The number of sulfone groups is 2. The zero-order valence-corrected chi connectivity index (χ0v) is 14.4. The summed E-state index contributed by atoms with van der Waals surface area (Å²) in [6, 6.07) is 4.71. The third kappa shape index (κ3) is 5.57. The van der Waals surface area contributed by atoms with Crippen molar-refractivity contribution >= 4 is 39.4 Å². The van der Waals surface area contributed by atoms with Crippen molar-refractivity contribution < 1.29 is 25.3 Å². The van der Waals surface area contributed by atoms with E-state index >= 15 is 0 Å². The highest BCUT2D eigenvalue weighted by Gasteiger charge is 2.20. The molecule has 0 fully saturated rings. The molecule has 21 heavy (non-hydrogen) atoms. The summed E-state index contributed by atoms with van der Waals surface area (Å²) in [6.45, 7) is 1.73. The van der Waals surface area contributed by atoms with Gasteiger partial charge in [-0.25, -0.2) is 25.3 Å². The van der Waals surface area contributed by atoms with Crippen molar-refractivity contribution in [3.63, 3.8) is 0 Å². The minimum atomic E-state index is -3.91. The lowest BCUT2D eigenvalue weighted by Gasteiger charge is -2.06. The van der Waals surface area contributed by atoms with Crippen molar-refractivity contribution in [2.75, 3.05) is 17.3 Å². The first kappa shape index (κ1) is 18.4. The molecule has 1 aromatic rings. The van der Waals surface area contributed by atoms with Crippen molar-refractivity contribution in [1.29, 1.82) is 0 Å². The molecule has 0 N–H and O–H groups in total. The summed E-state index contributed by atoms with van der Waals surface area (Å²) in [5, 5.41) is 0. The van der Waals surface area contributed by atoms with Gasteiger partial charge < -0.3 is 0 Å². The van der Waals surface area contributed by atoms with Gasteiger partial charge in [-0.15, -0.1) is 0 Å². The number of hydrogen-bond donors (Lipinski definition) is 0. The van der Waals surface area contributed by atoms with E-state index in [1.807, 2.05) is 0 Å². The minimum absolute atomic E-state index is 0.0242. The van der Waals surface area contributed by atoms with Crippen LogP contribution in [0.5, 0.6) is 0 Å². The van der Waals surface area contributed by atoms with Gasteiger partial charge >= 0.3 is 0 Å². The quantitative estimate of drug-likeness (QED) is 0.664. The minimum Gasteiger partial charge on any atom is -0.224 e. The normalized spacial score (nSPS) is 13.2. The van der Waals surface area contributed by atoms with Crippen LogP contribution in [0.1, 0.15) is 13.3 Å². The van der Waals surface area contributed by atoms with Crippen LogP contribution in [0.3, 0.4) is 0 Å². The molecule has 0 heterocycles. The fourth-order valence-corrected chi connectivity index (χ4v) is 5.92. The third-order valence-corrected chi connectivity index (χ3v) is 7.69. The van der Waals surface area contributed by atoms with E-state index in [0.29, 0.717) is 6.42 Å². The average molecular weight is 375 g/mol. The van der Waals surface area contributed by atoms with Crippen molar-refractivity contribution in [1.82, 2.24) is 0 Å². The Morgan fingerprint density at radius 1 is 0.762 bits per heavy atom. The highest BCUT2D eigenvalue weighted by Crippen LogP contribution is 2.18. The zero-order valence-electron chi connectivity index (χ0n) is 11.2. The lowest BCUT2D eigenvalue weighted by atomic mass is 10.4.